The first-order valence-corrected chi connectivity index (χ1v) is 12.8. The SMILES string of the molecule is CS(=O)(=O)Nc1ncc(Cn2cc3c(-c4cc(Cl)c(OCCCl)c(C#N)c4)cccc3n2)cn1. The Hall–Kier alpha value is -3.39. The Bertz CT molecular complexity index is 1500. The molecule has 0 bridgehead atoms. The van der Waals surface area contributed by atoms with Crippen molar-refractivity contribution < 1.29 is 13.2 Å². The summed E-state index contributed by atoms with van der Waals surface area (Å²) < 4.78 is 32.1. The Kier molecular flexibility index (Phi) is 6.88. The Labute approximate surface area is 206 Å². The minimum atomic E-state index is -3.45. The van der Waals surface area contributed by atoms with Crippen LogP contribution in [0.15, 0.2) is 48.9 Å². The third-order valence-corrected chi connectivity index (χ3v) is 5.71. The van der Waals surface area contributed by atoms with Crippen LogP contribution in [0.2, 0.25) is 5.02 Å². The number of nitriles is 1. The van der Waals surface area contributed by atoms with Gasteiger partial charge in [-0.05, 0) is 29.3 Å². The van der Waals surface area contributed by atoms with E-state index >= 15 is 0 Å². The Morgan fingerprint density at radius 1 is 1.24 bits per heavy atom. The Morgan fingerprint density at radius 3 is 2.68 bits per heavy atom. The van der Waals surface area contributed by atoms with E-state index in [1.807, 2.05) is 24.4 Å². The van der Waals surface area contributed by atoms with Crippen molar-refractivity contribution in [2.24, 2.45) is 0 Å². The second-order valence-electron chi connectivity index (χ2n) is 7.34. The van der Waals surface area contributed by atoms with Crippen LogP contribution in [0.25, 0.3) is 22.0 Å². The molecule has 1 N–H and O–H groups in total. The standard InChI is InChI=1S/C22H18Cl2N6O3S/c1-34(31,32)29-22-26-10-14(11-27-22)12-30-13-18-17(3-2-4-20(18)28-30)15-7-16(9-25)21(19(24)8-15)33-6-5-23/h2-4,7-8,10-11,13H,5-6,12H2,1H3,(H,26,27,29). The molecule has 2 aromatic heterocycles. The van der Waals surface area contributed by atoms with Crippen LogP contribution in [0.1, 0.15) is 11.1 Å². The molecule has 0 fully saturated rings. The fourth-order valence-electron chi connectivity index (χ4n) is 3.39. The van der Waals surface area contributed by atoms with Gasteiger partial charge in [-0.15, -0.1) is 11.6 Å². The third-order valence-electron chi connectivity index (χ3n) is 4.72. The molecule has 0 aliphatic carbocycles. The second kappa shape index (κ2) is 9.85. The maximum atomic E-state index is 11.3. The molecule has 34 heavy (non-hydrogen) atoms. The largest absolute Gasteiger partial charge is 0.489 e. The lowest BCUT2D eigenvalue weighted by atomic mass is 10.00. The summed E-state index contributed by atoms with van der Waals surface area (Å²) in [7, 11) is -3.45. The smallest absolute Gasteiger partial charge is 0.236 e. The van der Waals surface area contributed by atoms with Crippen LogP contribution >= 0.6 is 23.2 Å². The van der Waals surface area contributed by atoms with Crippen LogP contribution in [-0.4, -0.2) is 46.9 Å². The lowest BCUT2D eigenvalue weighted by molar-refractivity contribution is 0.342. The van der Waals surface area contributed by atoms with Crippen molar-refractivity contribution in [3.05, 3.63) is 65.1 Å². The first-order valence-electron chi connectivity index (χ1n) is 9.95. The average molecular weight is 517 g/mol. The first kappa shape index (κ1) is 23.8. The Balaban J connectivity index is 1.65. The molecule has 2 aromatic carbocycles. The summed E-state index contributed by atoms with van der Waals surface area (Å²) >= 11 is 12.1. The van der Waals surface area contributed by atoms with Crippen molar-refractivity contribution in [3.63, 3.8) is 0 Å². The van der Waals surface area contributed by atoms with Gasteiger partial charge in [0.2, 0.25) is 16.0 Å². The summed E-state index contributed by atoms with van der Waals surface area (Å²) in [5.41, 5.74) is 3.42. The van der Waals surface area contributed by atoms with Gasteiger partial charge in [0.1, 0.15) is 12.7 Å². The number of hydrogen-bond donors (Lipinski definition) is 1. The van der Waals surface area contributed by atoms with E-state index in [1.165, 1.54) is 12.4 Å². The minimum Gasteiger partial charge on any atom is -0.489 e. The number of sulfonamides is 1. The number of fused-ring (bicyclic) bond motifs is 1. The maximum Gasteiger partial charge on any atom is 0.236 e. The highest BCUT2D eigenvalue weighted by Gasteiger charge is 2.15. The number of anilines is 1. The van der Waals surface area contributed by atoms with Crippen molar-refractivity contribution in [1.82, 2.24) is 19.7 Å². The van der Waals surface area contributed by atoms with Crippen molar-refractivity contribution >= 4 is 50.1 Å². The van der Waals surface area contributed by atoms with Gasteiger partial charge in [0.15, 0.2) is 5.75 Å². The normalized spacial score (nSPS) is 11.4. The summed E-state index contributed by atoms with van der Waals surface area (Å²) in [5.74, 6) is 0.594. The van der Waals surface area contributed by atoms with E-state index in [0.717, 1.165) is 33.8 Å². The molecular weight excluding hydrogens is 499 g/mol. The van der Waals surface area contributed by atoms with Gasteiger partial charge in [0.05, 0.1) is 34.8 Å². The van der Waals surface area contributed by atoms with E-state index in [-0.39, 0.29) is 18.4 Å². The minimum absolute atomic E-state index is 0.00260. The number of nitrogens with one attached hydrogen (secondary N) is 1. The highest BCUT2D eigenvalue weighted by atomic mass is 35.5. The summed E-state index contributed by atoms with van der Waals surface area (Å²) in [6.45, 7) is 0.620. The predicted octanol–water partition coefficient (Wildman–Crippen LogP) is 4.06. The molecule has 4 rings (SSSR count). The molecule has 4 aromatic rings. The first-order chi connectivity index (χ1) is 16.3. The summed E-state index contributed by atoms with van der Waals surface area (Å²) in [6.07, 6.45) is 5.98. The fourth-order valence-corrected chi connectivity index (χ4v) is 4.17. The van der Waals surface area contributed by atoms with E-state index in [9.17, 15) is 13.7 Å². The number of nitrogens with zero attached hydrogens (tertiary/aromatic N) is 5. The number of rotatable bonds is 8. The molecule has 0 amide bonds. The predicted molar refractivity (Wildman–Crippen MR) is 131 cm³/mol. The fraction of sp³-hybridized carbons (Fsp3) is 0.182. The van der Waals surface area contributed by atoms with Crippen molar-refractivity contribution in [1.29, 1.82) is 5.26 Å². The zero-order chi connectivity index (χ0) is 24.3. The number of benzene rings is 2. The molecule has 12 heteroatoms. The number of halogens is 2. The molecule has 2 heterocycles. The maximum absolute atomic E-state index is 11.3. The molecule has 0 aliphatic heterocycles. The highest BCUT2D eigenvalue weighted by molar-refractivity contribution is 7.91. The van der Waals surface area contributed by atoms with Crippen LogP contribution < -0.4 is 9.46 Å². The molecule has 0 atom stereocenters. The Morgan fingerprint density at radius 2 is 2.00 bits per heavy atom. The molecule has 0 aliphatic rings. The van der Waals surface area contributed by atoms with Gasteiger partial charge in [-0.2, -0.15) is 10.4 Å². The summed E-state index contributed by atoms with van der Waals surface area (Å²) in [5, 5.41) is 15.4. The quantitative estimate of drug-likeness (QED) is 0.350. The van der Waals surface area contributed by atoms with Crippen LogP contribution in [0.4, 0.5) is 5.95 Å². The lowest BCUT2D eigenvalue weighted by Gasteiger charge is -2.11. The lowest BCUT2D eigenvalue weighted by Crippen LogP contribution is -2.12. The van der Waals surface area contributed by atoms with Gasteiger partial charge in [0.25, 0.3) is 0 Å². The van der Waals surface area contributed by atoms with Gasteiger partial charge in [-0.3, -0.25) is 9.40 Å². The molecule has 0 saturated carbocycles. The molecule has 9 nitrogen and oxygen atoms in total. The topological polar surface area (TPSA) is 123 Å². The molecule has 0 unspecified atom stereocenters. The monoisotopic (exact) mass is 516 g/mol. The van der Waals surface area contributed by atoms with E-state index in [2.05, 4.69) is 25.9 Å². The van der Waals surface area contributed by atoms with E-state index in [4.69, 9.17) is 27.9 Å². The van der Waals surface area contributed by atoms with Gasteiger partial charge >= 0.3 is 0 Å². The summed E-state index contributed by atoms with van der Waals surface area (Å²) in [6, 6.07) is 11.3. The summed E-state index contributed by atoms with van der Waals surface area (Å²) in [4.78, 5) is 8.06. The molecule has 0 saturated heterocycles. The molecule has 174 valence electrons. The van der Waals surface area contributed by atoms with Crippen LogP contribution in [0, 0.1) is 11.3 Å². The van der Waals surface area contributed by atoms with Crippen LogP contribution in [0.3, 0.4) is 0 Å². The third kappa shape index (κ3) is 5.39. The number of aromatic nitrogens is 4. The highest BCUT2D eigenvalue weighted by Crippen LogP contribution is 2.36. The van der Waals surface area contributed by atoms with Gasteiger partial charge in [-0.1, -0.05) is 23.7 Å². The zero-order valence-electron chi connectivity index (χ0n) is 17.9. The van der Waals surface area contributed by atoms with Gasteiger partial charge in [-0.25, -0.2) is 18.4 Å². The average Bonchev–Trinajstić information content (AvgIpc) is 3.20. The molecule has 0 radical (unpaired) electrons. The number of alkyl halides is 1. The molecule has 0 spiro atoms. The van der Waals surface area contributed by atoms with Crippen LogP contribution in [0.5, 0.6) is 5.75 Å². The van der Waals surface area contributed by atoms with E-state index in [1.54, 1.807) is 16.8 Å². The van der Waals surface area contributed by atoms with Crippen molar-refractivity contribution in [2.45, 2.75) is 6.54 Å². The van der Waals surface area contributed by atoms with Crippen molar-refractivity contribution in [2.75, 3.05) is 23.5 Å². The van der Waals surface area contributed by atoms with E-state index < -0.39 is 10.0 Å². The molecular formula is C22H18Cl2N6O3S. The van der Waals surface area contributed by atoms with Gasteiger partial charge < -0.3 is 4.74 Å². The second-order valence-corrected chi connectivity index (χ2v) is 9.87. The number of ether oxygens (including phenoxy) is 1. The van der Waals surface area contributed by atoms with Crippen molar-refractivity contribution in [3.8, 4) is 22.9 Å². The van der Waals surface area contributed by atoms with Gasteiger partial charge in [0, 0.05) is 29.5 Å². The van der Waals surface area contributed by atoms with Crippen LogP contribution in [-0.2, 0) is 16.6 Å². The number of hydrogen-bond acceptors (Lipinski definition) is 7. The zero-order valence-corrected chi connectivity index (χ0v) is 20.2. The van der Waals surface area contributed by atoms with E-state index in [0.29, 0.717) is 22.9 Å².